The van der Waals surface area contributed by atoms with Gasteiger partial charge in [0.25, 0.3) is 0 Å². The Morgan fingerprint density at radius 2 is 1.72 bits per heavy atom. The molecule has 8 nitrogen and oxygen atoms in total. The van der Waals surface area contributed by atoms with Crippen LogP contribution in [0.25, 0.3) is 11.1 Å². The van der Waals surface area contributed by atoms with Gasteiger partial charge in [-0.05, 0) is 35.2 Å². The number of methoxy groups -OCH3 is 3. The van der Waals surface area contributed by atoms with E-state index in [1.54, 1.807) is 0 Å². The van der Waals surface area contributed by atoms with Gasteiger partial charge in [-0.25, -0.2) is 14.6 Å². The quantitative estimate of drug-likeness (QED) is 0.197. The number of unbranched alkanes of at least 4 members (excludes halogenated alkanes) is 1. The minimum atomic E-state index is -0.826. The Kier molecular flexibility index (Phi) is 9.22. The second-order valence-corrected chi connectivity index (χ2v) is 9.30. The van der Waals surface area contributed by atoms with Crippen molar-refractivity contribution in [2.24, 2.45) is 0 Å². The number of imidazole rings is 1. The molecule has 0 aliphatic rings. The molecule has 39 heavy (non-hydrogen) atoms. The maximum atomic E-state index is 12.8. The summed E-state index contributed by atoms with van der Waals surface area (Å²) in [6, 6.07) is 16.9. The number of furan rings is 1. The lowest BCUT2D eigenvalue weighted by atomic mass is 9.97. The number of halogens is 1. The Balaban J connectivity index is 1.82. The fraction of sp³-hybridized carbons (Fsp3) is 0.300. The van der Waals surface area contributed by atoms with Crippen LogP contribution in [0.3, 0.4) is 0 Å². The molecule has 1 unspecified atom stereocenters. The lowest BCUT2D eigenvalue weighted by Crippen LogP contribution is -2.17. The molecule has 2 heterocycles. The van der Waals surface area contributed by atoms with Crippen LogP contribution in [-0.2, 0) is 27.2 Å². The molecule has 0 radical (unpaired) electrons. The van der Waals surface area contributed by atoms with E-state index < -0.39 is 18.0 Å². The second kappa shape index (κ2) is 12.8. The number of hydrogen-bond acceptors (Lipinski definition) is 7. The summed E-state index contributed by atoms with van der Waals surface area (Å²) in [6.45, 7) is 2.45. The number of nitrogens with zero attached hydrogens (tertiary/aromatic N) is 2. The predicted octanol–water partition coefficient (Wildman–Crippen LogP) is 6.50. The third-order valence-electron chi connectivity index (χ3n) is 6.53. The van der Waals surface area contributed by atoms with E-state index in [1.807, 2.05) is 53.1 Å². The van der Waals surface area contributed by atoms with E-state index in [0.717, 1.165) is 35.4 Å². The van der Waals surface area contributed by atoms with Gasteiger partial charge in [0.2, 0.25) is 0 Å². The molecule has 0 spiro atoms. The number of aromatic nitrogens is 2. The maximum Gasteiger partial charge on any atom is 0.341 e. The lowest BCUT2D eigenvalue weighted by Gasteiger charge is -2.19. The van der Waals surface area contributed by atoms with Crippen molar-refractivity contribution in [1.29, 1.82) is 0 Å². The number of carbonyl (C=O) groups is 2. The van der Waals surface area contributed by atoms with Crippen molar-refractivity contribution in [3.63, 3.8) is 0 Å². The van der Waals surface area contributed by atoms with Gasteiger partial charge in [0, 0.05) is 20.1 Å². The van der Waals surface area contributed by atoms with E-state index in [0.29, 0.717) is 24.2 Å². The minimum Gasteiger partial charge on any atom is -0.465 e. The van der Waals surface area contributed by atoms with Crippen LogP contribution in [0.5, 0.6) is 0 Å². The summed E-state index contributed by atoms with van der Waals surface area (Å²) in [5.41, 5.74) is 3.75. The van der Waals surface area contributed by atoms with Gasteiger partial charge < -0.3 is 23.2 Å². The van der Waals surface area contributed by atoms with Crippen LogP contribution < -0.4 is 0 Å². The number of benzene rings is 2. The van der Waals surface area contributed by atoms with Gasteiger partial charge in [0.05, 0.1) is 31.7 Å². The van der Waals surface area contributed by atoms with Crippen LogP contribution in [0.4, 0.5) is 0 Å². The summed E-state index contributed by atoms with van der Waals surface area (Å²) >= 11 is 6.72. The molecule has 2 aromatic heterocycles. The highest BCUT2D eigenvalue weighted by molar-refractivity contribution is 6.30. The summed E-state index contributed by atoms with van der Waals surface area (Å²) in [4.78, 5) is 29.8. The zero-order valence-electron chi connectivity index (χ0n) is 22.4. The predicted molar refractivity (Wildman–Crippen MR) is 147 cm³/mol. The molecule has 2 aromatic carbocycles. The Hall–Kier alpha value is -3.88. The summed E-state index contributed by atoms with van der Waals surface area (Å²) < 4.78 is 23.5. The van der Waals surface area contributed by atoms with Gasteiger partial charge in [0.1, 0.15) is 11.4 Å². The molecular weight excluding hydrogens is 520 g/mol. The van der Waals surface area contributed by atoms with Crippen molar-refractivity contribution in [1.82, 2.24) is 9.55 Å². The Morgan fingerprint density at radius 3 is 2.38 bits per heavy atom. The molecule has 0 fully saturated rings. The fourth-order valence-electron chi connectivity index (χ4n) is 4.60. The first-order valence-electron chi connectivity index (χ1n) is 12.6. The van der Waals surface area contributed by atoms with Crippen LogP contribution in [0, 0.1) is 0 Å². The summed E-state index contributed by atoms with van der Waals surface area (Å²) in [7, 11) is 4.18. The molecule has 0 saturated heterocycles. The highest BCUT2D eigenvalue weighted by Crippen LogP contribution is 2.36. The van der Waals surface area contributed by atoms with E-state index in [-0.39, 0.29) is 16.5 Å². The standard InChI is InChI=1S/C30H31ClN2O6/c1-5-6-12-24-32-28(31)25(27(36-2)26-22(15-16-39-26)29(34)37-3)33(24)18-19-13-14-21(20-10-8-7-9-11-20)23(17-19)30(35)38-4/h7-11,13-17,27H,5-6,12,18H2,1-4H3. The molecule has 204 valence electrons. The number of rotatable bonds is 11. The van der Waals surface area contributed by atoms with Crippen LogP contribution in [0.2, 0.25) is 5.15 Å². The van der Waals surface area contributed by atoms with Crippen LogP contribution in [-0.4, -0.2) is 42.8 Å². The van der Waals surface area contributed by atoms with Crippen molar-refractivity contribution in [2.45, 2.75) is 38.8 Å². The molecule has 9 heteroatoms. The zero-order chi connectivity index (χ0) is 27.9. The first kappa shape index (κ1) is 28.1. The van der Waals surface area contributed by atoms with Crippen LogP contribution in [0.1, 0.15) is 69.4 Å². The summed E-state index contributed by atoms with van der Waals surface area (Å²) in [5.74, 6) is 0.0493. The fourth-order valence-corrected chi connectivity index (χ4v) is 4.90. The Morgan fingerprint density at radius 1 is 1.00 bits per heavy atom. The third-order valence-corrected chi connectivity index (χ3v) is 6.81. The normalized spacial score (nSPS) is 11.8. The molecule has 0 bridgehead atoms. The van der Waals surface area contributed by atoms with Gasteiger partial charge in [-0.3, -0.25) is 0 Å². The van der Waals surface area contributed by atoms with Gasteiger partial charge in [-0.15, -0.1) is 0 Å². The summed E-state index contributed by atoms with van der Waals surface area (Å²) in [6.07, 6.45) is 3.13. The Labute approximate surface area is 232 Å². The van der Waals surface area contributed by atoms with Crippen molar-refractivity contribution < 1.29 is 28.2 Å². The van der Waals surface area contributed by atoms with Gasteiger partial charge >= 0.3 is 11.9 Å². The monoisotopic (exact) mass is 550 g/mol. The molecule has 0 N–H and O–H groups in total. The number of esters is 2. The van der Waals surface area contributed by atoms with E-state index >= 15 is 0 Å². The van der Waals surface area contributed by atoms with Crippen molar-refractivity contribution >= 4 is 23.5 Å². The smallest absolute Gasteiger partial charge is 0.341 e. The average molecular weight is 551 g/mol. The third kappa shape index (κ3) is 5.92. The first-order valence-corrected chi connectivity index (χ1v) is 13.0. The van der Waals surface area contributed by atoms with Crippen molar-refractivity contribution in [2.75, 3.05) is 21.3 Å². The van der Waals surface area contributed by atoms with E-state index in [9.17, 15) is 9.59 Å². The zero-order valence-corrected chi connectivity index (χ0v) is 23.2. The molecule has 4 aromatic rings. The largest absolute Gasteiger partial charge is 0.465 e. The number of hydrogen-bond donors (Lipinski definition) is 0. The van der Waals surface area contributed by atoms with Crippen LogP contribution in [0.15, 0.2) is 65.3 Å². The maximum absolute atomic E-state index is 12.8. The number of carbonyl (C=O) groups excluding carboxylic acids is 2. The molecular formula is C30H31ClN2O6. The molecule has 0 amide bonds. The van der Waals surface area contributed by atoms with E-state index in [2.05, 4.69) is 11.9 Å². The van der Waals surface area contributed by atoms with Gasteiger partial charge in [-0.1, -0.05) is 67.4 Å². The highest BCUT2D eigenvalue weighted by atomic mass is 35.5. The molecule has 0 saturated carbocycles. The SMILES string of the molecule is CCCCc1nc(Cl)c(C(OC)c2occc2C(=O)OC)n1Cc1ccc(-c2ccccc2)c(C(=O)OC)c1. The Bertz CT molecular complexity index is 1440. The number of ether oxygens (including phenoxy) is 3. The second-order valence-electron chi connectivity index (χ2n) is 8.94. The van der Waals surface area contributed by atoms with Crippen molar-refractivity contribution in [3.05, 3.63) is 100.0 Å². The first-order chi connectivity index (χ1) is 18.9. The number of aryl methyl sites for hydroxylation is 1. The van der Waals surface area contributed by atoms with Crippen LogP contribution >= 0.6 is 11.6 Å². The topological polar surface area (TPSA) is 92.8 Å². The van der Waals surface area contributed by atoms with Gasteiger partial charge in [0.15, 0.2) is 17.0 Å². The molecule has 0 aliphatic heterocycles. The minimum absolute atomic E-state index is 0.239. The van der Waals surface area contributed by atoms with Gasteiger partial charge in [-0.2, -0.15) is 0 Å². The molecule has 4 rings (SSSR count). The molecule has 0 aliphatic carbocycles. The summed E-state index contributed by atoms with van der Waals surface area (Å²) in [5, 5.41) is 0.245. The van der Waals surface area contributed by atoms with E-state index in [1.165, 1.54) is 33.7 Å². The van der Waals surface area contributed by atoms with Crippen molar-refractivity contribution in [3.8, 4) is 11.1 Å². The highest BCUT2D eigenvalue weighted by Gasteiger charge is 2.31. The average Bonchev–Trinajstić information content (AvgIpc) is 3.57. The van der Waals surface area contributed by atoms with E-state index in [4.69, 9.17) is 30.2 Å². The lowest BCUT2D eigenvalue weighted by molar-refractivity contribution is 0.0579. The molecule has 1 atom stereocenters.